The smallest absolute Gasteiger partial charge is 0.477 e. The zero-order valence-electron chi connectivity index (χ0n) is 30.1. The van der Waals surface area contributed by atoms with Crippen LogP contribution in [0.4, 0.5) is 9.59 Å². The molecule has 1 fully saturated rings. The Bertz CT molecular complexity index is 1760. The molecule has 2 aliphatic heterocycles. The van der Waals surface area contributed by atoms with E-state index >= 15 is 0 Å². The maximum atomic E-state index is 14.1. The predicted molar refractivity (Wildman–Crippen MR) is 180 cm³/mol. The van der Waals surface area contributed by atoms with Gasteiger partial charge in [-0.15, -0.1) is 0 Å². The van der Waals surface area contributed by atoms with Crippen molar-refractivity contribution in [1.82, 2.24) is 4.90 Å². The molecule has 2 bridgehead atoms. The molecule has 274 valence electrons. The first kappa shape index (κ1) is 36.2. The fourth-order valence-corrected chi connectivity index (χ4v) is 7.60. The van der Waals surface area contributed by atoms with Crippen LogP contribution in [-0.2, 0) is 45.1 Å². The zero-order chi connectivity index (χ0) is 37.1. The molecule has 1 saturated heterocycles. The van der Waals surface area contributed by atoms with Gasteiger partial charge in [-0.1, -0.05) is 36.4 Å². The topological polar surface area (TPSA) is 156 Å². The van der Waals surface area contributed by atoms with E-state index in [-0.39, 0.29) is 29.7 Å². The number of aliphatic hydroxyl groups is 1. The van der Waals surface area contributed by atoms with Gasteiger partial charge in [0, 0.05) is 23.6 Å². The maximum absolute atomic E-state index is 14.1. The van der Waals surface area contributed by atoms with Crippen LogP contribution in [-0.4, -0.2) is 82.9 Å². The first-order valence-corrected chi connectivity index (χ1v) is 17.1. The second-order valence-corrected chi connectivity index (χ2v) is 15.5. The number of ether oxygens (including phenoxy) is 7. The summed E-state index contributed by atoms with van der Waals surface area (Å²) in [4.78, 5) is 54.4. The fraction of sp³-hybridized carbons (Fsp3) is 0.526. The minimum absolute atomic E-state index is 0.118. The summed E-state index contributed by atoms with van der Waals surface area (Å²) >= 11 is 0. The quantitative estimate of drug-likeness (QED) is 0.221. The number of esters is 2. The Kier molecular flexibility index (Phi) is 9.12. The van der Waals surface area contributed by atoms with Crippen molar-refractivity contribution in [3.05, 3.63) is 71.0 Å². The van der Waals surface area contributed by atoms with Crippen LogP contribution in [0.2, 0.25) is 0 Å². The van der Waals surface area contributed by atoms with Crippen molar-refractivity contribution in [3.63, 3.8) is 0 Å². The van der Waals surface area contributed by atoms with Crippen LogP contribution >= 0.6 is 0 Å². The molecule has 0 saturated carbocycles. The number of carbonyl (C=O) groups is 4. The molecule has 1 spiro atoms. The number of nitrogens with zero attached hydrogens (tertiary/aromatic N) is 1. The van der Waals surface area contributed by atoms with E-state index in [0.29, 0.717) is 30.5 Å². The van der Waals surface area contributed by atoms with Gasteiger partial charge < -0.3 is 43.2 Å². The number of piperidine rings is 1. The van der Waals surface area contributed by atoms with Crippen LogP contribution < -0.4 is 9.47 Å². The van der Waals surface area contributed by atoms with Gasteiger partial charge in [-0.2, -0.15) is 0 Å². The Balaban J connectivity index is 1.31. The molecule has 4 aliphatic rings. The summed E-state index contributed by atoms with van der Waals surface area (Å²) < 4.78 is 39.6. The van der Waals surface area contributed by atoms with Gasteiger partial charge in [-0.25, -0.2) is 19.2 Å². The molecular formula is C38H45NO12. The molecule has 6 atom stereocenters. The number of likely N-dealkylation sites (N-methyl/N-ethyl adjacent to an activating group) is 1. The average molecular weight is 708 g/mol. The van der Waals surface area contributed by atoms with Crippen molar-refractivity contribution in [1.29, 1.82) is 0 Å². The van der Waals surface area contributed by atoms with E-state index < -0.39 is 64.8 Å². The second-order valence-electron chi connectivity index (χ2n) is 15.5. The molecular weight excluding hydrogens is 662 g/mol. The zero-order valence-corrected chi connectivity index (χ0v) is 30.1. The normalized spacial score (nSPS) is 25.9. The molecule has 6 rings (SSSR count). The number of benzene rings is 2. The van der Waals surface area contributed by atoms with Gasteiger partial charge in [0.15, 0.2) is 23.7 Å². The third kappa shape index (κ3) is 6.64. The highest BCUT2D eigenvalue weighted by Gasteiger charge is 2.72. The largest absolute Gasteiger partial charge is 0.514 e. The molecule has 2 unspecified atom stereocenters. The first-order chi connectivity index (χ1) is 23.8. The lowest BCUT2D eigenvalue weighted by Gasteiger charge is -2.61. The van der Waals surface area contributed by atoms with Crippen LogP contribution in [0.25, 0.3) is 0 Å². The van der Waals surface area contributed by atoms with Gasteiger partial charge in [0.2, 0.25) is 6.10 Å². The summed E-state index contributed by atoms with van der Waals surface area (Å²) in [6, 6.07) is 11.5. The first-order valence-electron chi connectivity index (χ1n) is 17.1. The van der Waals surface area contributed by atoms with Gasteiger partial charge >= 0.3 is 24.2 Å². The van der Waals surface area contributed by atoms with Gasteiger partial charge in [-0.3, -0.25) is 0 Å². The van der Waals surface area contributed by atoms with Gasteiger partial charge in [0.05, 0.1) is 11.0 Å². The molecule has 13 heteroatoms. The summed E-state index contributed by atoms with van der Waals surface area (Å²) in [6.45, 7) is 12.1. The average Bonchev–Trinajstić information content (AvgIpc) is 3.38. The molecule has 1 N–H and O–H groups in total. The Labute approximate surface area is 296 Å². The monoisotopic (exact) mass is 707 g/mol. The Morgan fingerprint density at radius 2 is 1.57 bits per heavy atom. The Morgan fingerprint density at radius 3 is 2.24 bits per heavy atom. The van der Waals surface area contributed by atoms with Crippen molar-refractivity contribution in [3.8, 4) is 11.5 Å². The number of rotatable bonds is 7. The van der Waals surface area contributed by atoms with Gasteiger partial charge in [0.1, 0.15) is 17.0 Å². The maximum Gasteiger partial charge on any atom is 0.514 e. The minimum Gasteiger partial charge on any atom is -0.477 e. The highest BCUT2D eigenvalue weighted by Crippen LogP contribution is 2.65. The standard InChI is InChI=1S/C38H45NO12/c1-21(45-33(42)50-35(2,3)4)31(40)49-28(22-12-10-9-11-13-22)32(41)46-25-16-17-38(44)26-20-23-14-15-24(47-34(43)51-36(5,6)7)29-27(23)37(38,30(25)48-29)18-19-39(26)8/h9-16,21,26,28,30,44H,17-20H2,1-8H3/t21?,26-,28?,30+,37+,38-/m1/s1. The van der Waals surface area contributed by atoms with Crippen molar-refractivity contribution >= 4 is 24.2 Å². The minimum atomic E-state index is -1.55. The number of carbonyl (C=O) groups excluding carboxylic acids is 4. The Hall–Kier alpha value is -4.62. The lowest BCUT2D eigenvalue weighted by molar-refractivity contribution is -0.179. The van der Waals surface area contributed by atoms with Crippen LogP contribution in [0.3, 0.4) is 0 Å². The van der Waals surface area contributed by atoms with E-state index in [1.165, 1.54) is 6.92 Å². The van der Waals surface area contributed by atoms with Crippen LogP contribution in [0.1, 0.15) is 84.1 Å². The van der Waals surface area contributed by atoms with Crippen molar-refractivity contribution in [2.24, 2.45) is 0 Å². The number of hydrogen-bond acceptors (Lipinski definition) is 13. The molecule has 51 heavy (non-hydrogen) atoms. The molecule has 2 aliphatic carbocycles. The molecule has 0 radical (unpaired) electrons. The Morgan fingerprint density at radius 1 is 0.902 bits per heavy atom. The summed E-state index contributed by atoms with van der Waals surface area (Å²) in [5.74, 6) is -1.42. The lowest BCUT2D eigenvalue weighted by Crippen LogP contribution is -2.74. The fourth-order valence-electron chi connectivity index (χ4n) is 7.60. The lowest BCUT2D eigenvalue weighted by atomic mass is 9.50. The van der Waals surface area contributed by atoms with Crippen LogP contribution in [0.5, 0.6) is 11.5 Å². The van der Waals surface area contributed by atoms with E-state index in [9.17, 15) is 24.3 Å². The molecule has 0 amide bonds. The summed E-state index contributed by atoms with van der Waals surface area (Å²) in [6.07, 6.45) is -3.19. The SMILES string of the molecule is CC(OC(=O)OC(C)(C)C)C(=O)OC(C(=O)OC1=CC[C@@]2(O)[C@H]3Cc4ccc(OC(=O)OC(C)(C)C)c5c4[C@@]2(CCN3C)[C@H]1O5)c1ccccc1. The number of likely N-dealkylation sites (tertiary alicyclic amines) is 1. The van der Waals surface area contributed by atoms with Gasteiger partial charge in [0.25, 0.3) is 0 Å². The highest BCUT2D eigenvalue weighted by atomic mass is 16.7. The van der Waals surface area contributed by atoms with E-state index in [0.717, 1.165) is 5.56 Å². The number of hydrogen-bond donors (Lipinski definition) is 1. The molecule has 2 aromatic rings. The second kappa shape index (κ2) is 12.9. The molecule has 2 heterocycles. The third-order valence-electron chi connectivity index (χ3n) is 9.68. The van der Waals surface area contributed by atoms with Crippen LogP contribution in [0, 0.1) is 0 Å². The highest BCUT2D eigenvalue weighted by molar-refractivity contribution is 5.84. The van der Waals surface area contributed by atoms with E-state index in [2.05, 4.69) is 4.90 Å². The molecule has 0 aromatic heterocycles. The van der Waals surface area contributed by atoms with Crippen molar-refractivity contribution < 1.29 is 57.4 Å². The van der Waals surface area contributed by atoms with E-state index in [1.807, 2.05) is 13.1 Å². The predicted octanol–water partition coefficient (Wildman–Crippen LogP) is 5.45. The molecule has 13 nitrogen and oxygen atoms in total. The molecule has 2 aromatic carbocycles. The van der Waals surface area contributed by atoms with Crippen molar-refractivity contribution in [2.75, 3.05) is 13.6 Å². The summed E-state index contributed by atoms with van der Waals surface area (Å²) in [5.41, 5.74) is -2.08. The third-order valence-corrected chi connectivity index (χ3v) is 9.68. The van der Waals surface area contributed by atoms with Crippen LogP contribution in [0.15, 0.2) is 54.3 Å². The van der Waals surface area contributed by atoms with E-state index in [4.69, 9.17) is 33.2 Å². The van der Waals surface area contributed by atoms with Gasteiger partial charge in [-0.05, 0) is 92.6 Å². The summed E-state index contributed by atoms with van der Waals surface area (Å²) in [5, 5.41) is 12.6. The van der Waals surface area contributed by atoms with E-state index in [1.54, 1.807) is 84.0 Å². The van der Waals surface area contributed by atoms with Crippen molar-refractivity contribution in [2.45, 2.75) is 114 Å². The summed E-state index contributed by atoms with van der Waals surface area (Å²) in [7, 11) is 1.97.